The smallest absolute Gasteiger partial charge is 0.314 e. The molecule has 0 fully saturated rings. The van der Waals surface area contributed by atoms with Crippen LogP contribution in [0.5, 0.6) is 17.4 Å². The van der Waals surface area contributed by atoms with E-state index < -0.39 is 4.92 Å². The van der Waals surface area contributed by atoms with Crippen molar-refractivity contribution in [2.75, 3.05) is 19.5 Å². The molecule has 8 nitrogen and oxygen atoms in total. The van der Waals surface area contributed by atoms with E-state index in [1.54, 1.807) is 26.1 Å². The monoisotopic (exact) mass is 290 g/mol. The van der Waals surface area contributed by atoms with Crippen LogP contribution in [0.25, 0.3) is 0 Å². The van der Waals surface area contributed by atoms with Gasteiger partial charge in [0.1, 0.15) is 5.75 Å². The quantitative estimate of drug-likeness (QED) is 0.667. The highest BCUT2D eigenvalue weighted by Gasteiger charge is 2.16. The molecule has 0 bridgehead atoms. The largest absolute Gasteiger partial charge is 0.490 e. The lowest BCUT2D eigenvalue weighted by atomic mass is 10.3. The Morgan fingerprint density at radius 1 is 1.29 bits per heavy atom. The molecule has 0 aliphatic heterocycles. The molecule has 0 atom stereocenters. The summed E-state index contributed by atoms with van der Waals surface area (Å²) in [5.74, 6) is 1.17. The molecule has 1 aromatic heterocycles. The van der Waals surface area contributed by atoms with Gasteiger partial charge < -0.3 is 14.8 Å². The molecule has 21 heavy (non-hydrogen) atoms. The Balaban J connectivity index is 2.33. The number of nitrogens with zero attached hydrogens (tertiary/aromatic N) is 3. The fraction of sp³-hybridized carbons (Fsp3) is 0.231. The number of nitro benzene ring substituents is 1. The van der Waals surface area contributed by atoms with E-state index in [2.05, 4.69) is 15.3 Å². The normalized spacial score (nSPS) is 10.0. The maximum atomic E-state index is 11.0. The molecule has 1 heterocycles. The van der Waals surface area contributed by atoms with Crippen molar-refractivity contribution in [3.63, 3.8) is 0 Å². The average molecular weight is 290 g/mol. The topological polar surface area (TPSA) is 99.4 Å². The zero-order chi connectivity index (χ0) is 15.4. The van der Waals surface area contributed by atoms with Crippen molar-refractivity contribution in [2.24, 2.45) is 0 Å². The summed E-state index contributed by atoms with van der Waals surface area (Å²) in [4.78, 5) is 18.7. The number of nitrogens with one attached hydrogen (secondary N) is 1. The second-order valence-corrected chi connectivity index (χ2v) is 4.11. The first kappa shape index (κ1) is 14.5. The van der Waals surface area contributed by atoms with E-state index in [1.165, 1.54) is 19.2 Å². The highest BCUT2D eigenvalue weighted by Crippen LogP contribution is 2.32. The van der Waals surface area contributed by atoms with Gasteiger partial charge in [-0.25, -0.2) is 4.98 Å². The van der Waals surface area contributed by atoms with Crippen molar-refractivity contribution in [3.8, 4) is 17.4 Å². The number of hydrogen-bond acceptors (Lipinski definition) is 7. The van der Waals surface area contributed by atoms with Crippen LogP contribution in [-0.4, -0.2) is 29.0 Å². The van der Waals surface area contributed by atoms with Crippen LogP contribution in [0.1, 0.15) is 5.69 Å². The number of aromatic nitrogens is 2. The highest BCUT2D eigenvalue weighted by atomic mass is 16.6. The lowest BCUT2D eigenvalue weighted by molar-refractivity contribution is -0.385. The van der Waals surface area contributed by atoms with Gasteiger partial charge in [-0.15, -0.1) is 0 Å². The first-order chi connectivity index (χ1) is 10.0. The summed E-state index contributed by atoms with van der Waals surface area (Å²) in [6.07, 6.45) is 0. The summed E-state index contributed by atoms with van der Waals surface area (Å²) in [5.41, 5.74) is 0.543. The molecule has 0 saturated carbocycles. The van der Waals surface area contributed by atoms with Crippen LogP contribution in [0.15, 0.2) is 24.3 Å². The van der Waals surface area contributed by atoms with Crippen LogP contribution in [0.2, 0.25) is 0 Å². The van der Waals surface area contributed by atoms with Gasteiger partial charge in [-0.05, 0) is 19.1 Å². The molecule has 0 unspecified atom stereocenters. The summed E-state index contributed by atoms with van der Waals surface area (Å²) in [7, 11) is 3.06. The van der Waals surface area contributed by atoms with Crippen LogP contribution in [0.3, 0.4) is 0 Å². The molecule has 0 aliphatic rings. The summed E-state index contributed by atoms with van der Waals surface area (Å²) < 4.78 is 10.5. The first-order valence-electron chi connectivity index (χ1n) is 6.07. The van der Waals surface area contributed by atoms with Gasteiger partial charge in [0.15, 0.2) is 5.75 Å². The molecule has 0 radical (unpaired) electrons. The minimum atomic E-state index is -0.532. The summed E-state index contributed by atoms with van der Waals surface area (Å²) >= 11 is 0. The van der Waals surface area contributed by atoms with E-state index in [4.69, 9.17) is 9.47 Å². The lowest BCUT2D eigenvalue weighted by Crippen LogP contribution is -2.00. The maximum Gasteiger partial charge on any atom is 0.314 e. The van der Waals surface area contributed by atoms with Crippen LogP contribution >= 0.6 is 0 Å². The van der Waals surface area contributed by atoms with Crippen molar-refractivity contribution in [3.05, 3.63) is 40.1 Å². The minimum Gasteiger partial charge on any atom is -0.490 e. The van der Waals surface area contributed by atoms with Crippen molar-refractivity contribution in [1.82, 2.24) is 9.97 Å². The van der Waals surface area contributed by atoms with Crippen LogP contribution < -0.4 is 14.8 Å². The third-order valence-electron chi connectivity index (χ3n) is 2.62. The Hall–Kier alpha value is -2.90. The van der Waals surface area contributed by atoms with E-state index in [0.29, 0.717) is 23.3 Å². The van der Waals surface area contributed by atoms with Gasteiger partial charge in [0.25, 0.3) is 0 Å². The van der Waals surface area contributed by atoms with Crippen molar-refractivity contribution in [2.45, 2.75) is 6.92 Å². The van der Waals surface area contributed by atoms with E-state index in [9.17, 15) is 10.1 Å². The molecule has 0 spiro atoms. The Labute approximate surface area is 120 Å². The van der Waals surface area contributed by atoms with Gasteiger partial charge in [-0.2, -0.15) is 4.98 Å². The van der Waals surface area contributed by atoms with E-state index in [1.807, 2.05) is 0 Å². The predicted molar refractivity (Wildman–Crippen MR) is 76.0 cm³/mol. The fourth-order valence-electron chi connectivity index (χ4n) is 1.70. The highest BCUT2D eigenvalue weighted by molar-refractivity contribution is 5.51. The van der Waals surface area contributed by atoms with Gasteiger partial charge >= 0.3 is 5.69 Å². The summed E-state index contributed by atoms with van der Waals surface area (Å²) in [6.45, 7) is 1.80. The van der Waals surface area contributed by atoms with E-state index in [-0.39, 0.29) is 11.4 Å². The second kappa shape index (κ2) is 6.04. The number of anilines is 1. The van der Waals surface area contributed by atoms with Crippen LogP contribution in [-0.2, 0) is 0 Å². The molecule has 2 rings (SSSR count). The third-order valence-corrected chi connectivity index (χ3v) is 2.62. The standard InChI is InChI=1S/C13H14N4O4/c1-8-6-12(16-13(14-2)15-8)21-9-4-5-11(20-3)10(7-9)17(18)19/h4-7H,1-3H3,(H,14,15,16). The zero-order valence-electron chi connectivity index (χ0n) is 11.8. The third kappa shape index (κ3) is 3.35. The Kier molecular flexibility index (Phi) is 4.17. The average Bonchev–Trinajstić information content (AvgIpc) is 2.46. The lowest BCUT2D eigenvalue weighted by Gasteiger charge is -2.08. The SMILES string of the molecule is CNc1nc(C)cc(Oc2ccc(OC)c([N+](=O)[O-])c2)n1. The van der Waals surface area contributed by atoms with Crippen LogP contribution in [0.4, 0.5) is 11.6 Å². The van der Waals surface area contributed by atoms with Crippen LogP contribution in [0, 0.1) is 17.0 Å². The number of aryl methyl sites for hydroxylation is 1. The molecular formula is C13H14N4O4. The molecule has 0 amide bonds. The molecule has 1 aromatic carbocycles. The van der Waals surface area contributed by atoms with Gasteiger partial charge in [0, 0.05) is 18.8 Å². The minimum absolute atomic E-state index is 0.169. The van der Waals surface area contributed by atoms with Gasteiger partial charge in [0.2, 0.25) is 11.8 Å². The number of ether oxygens (including phenoxy) is 2. The zero-order valence-corrected chi connectivity index (χ0v) is 11.8. The van der Waals surface area contributed by atoms with Crippen molar-refractivity contribution in [1.29, 1.82) is 0 Å². The Morgan fingerprint density at radius 2 is 2.05 bits per heavy atom. The summed E-state index contributed by atoms with van der Waals surface area (Å²) in [5, 5.41) is 13.8. The predicted octanol–water partition coefficient (Wildman–Crippen LogP) is 2.54. The Morgan fingerprint density at radius 3 is 2.67 bits per heavy atom. The second-order valence-electron chi connectivity index (χ2n) is 4.11. The molecule has 1 N–H and O–H groups in total. The molecular weight excluding hydrogens is 276 g/mol. The van der Waals surface area contributed by atoms with Gasteiger partial charge in [0.05, 0.1) is 18.1 Å². The number of rotatable bonds is 5. The van der Waals surface area contributed by atoms with Crippen molar-refractivity contribution >= 4 is 11.6 Å². The summed E-state index contributed by atoms with van der Waals surface area (Å²) in [6, 6.07) is 5.97. The molecule has 0 saturated heterocycles. The molecule has 8 heteroatoms. The number of nitro groups is 1. The maximum absolute atomic E-state index is 11.0. The molecule has 110 valence electrons. The number of benzene rings is 1. The number of hydrogen-bond donors (Lipinski definition) is 1. The van der Waals surface area contributed by atoms with E-state index in [0.717, 1.165) is 0 Å². The number of methoxy groups -OCH3 is 1. The van der Waals surface area contributed by atoms with E-state index >= 15 is 0 Å². The first-order valence-corrected chi connectivity index (χ1v) is 6.07. The molecule has 0 aliphatic carbocycles. The van der Waals surface area contributed by atoms with Gasteiger partial charge in [-0.1, -0.05) is 0 Å². The molecule has 2 aromatic rings. The van der Waals surface area contributed by atoms with Crippen molar-refractivity contribution < 1.29 is 14.4 Å². The van der Waals surface area contributed by atoms with Gasteiger partial charge in [-0.3, -0.25) is 10.1 Å². The Bertz CT molecular complexity index is 675. The fourth-order valence-corrected chi connectivity index (χ4v) is 1.70.